The van der Waals surface area contributed by atoms with E-state index in [1.165, 1.54) is 0 Å². The van der Waals surface area contributed by atoms with E-state index in [0.717, 1.165) is 38.7 Å². The maximum Gasteiger partial charge on any atom is 0.354 e. The summed E-state index contributed by atoms with van der Waals surface area (Å²) in [4.78, 5) is 30.4. The molecule has 1 N–H and O–H groups in total. The van der Waals surface area contributed by atoms with Crippen LogP contribution in [-0.4, -0.2) is 41.5 Å². The summed E-state index contributed by atoms with van der Waals surface area (Å²) in [6.45, 7) is 3.16. The van der Waals surface area contributed by atoms with E-state index in [9.17, 15) is 9.59 Å². The summed E-state index contributed by atoms with van der Waals surface area (Å²) >= 11 is 0. The molecule has 114 valence electrons. The van der Waals surface area contributed by atoms with Crippen LogP contribution in [0.25, 0.3) is 11.1 Å². The highest BCUT2D eigenvalue weighted by molar-refractivity contribution is 6.04. The number of aromatic nitrogens is 1. The summed E-state index contributed by atoms with van der Waals surface area (Å²) in [6, 6.07) is 5.32. The van der Waals surface area contributed by atoms with Crippen molar-refractivity contribution >= 4 is 17.0 Å². The van der Waals surface area contributed by atoms with Crippen molar-refractivity contribution in [1.29, 1.82) is 0 Å². The van der Waals surface area contributed by atoms with Crippen molar-refractivity contribution in [3.05, 3.63) is 40.4 Å². The molecule has 2 bridgehead atoms. The van der Waals surface area contributed by atoms with Crippen LogP contribution in [0, 0.1) is 5.92 Å². The Morgan fingerprint density at radius 2 is 2.14 bits per heavy atom. The number of nitrogens with zero attached hydrogens (tertiary/aromatic N) is 2. The van der Waals surface area contributed by atoms with Gasteiger partial charge >= 0.3 is 5.63 Å². The molecule has 6 nitrogen and oxygen atoms in total. The molecule has 6 heteroatoms. The molecule has 1 amide bonds. The fourth-order valence-corrected chi connectivity index (χ4v) is 3.54. The van der Waals surface area contributed by atoms with Crippen molar-refractivity contribution in [3.8, 4) is 0 Å². The maximum absolute atomic E-state index is 12.6. The number of nitrogens with one attached hydrogen (secondary N) is 1. The zero-order chi connectivity index (χ0) is 15.1. The van der Waals surface area contributed by atoms with Crippen LogP contribution >= 0.6 is 0 Å². The summed E-state index contributed by atoms with van der Waals surface area (Å²) < 4.78 is 5.18. The lowest BCUT2D eigenvalue weighted by atomic mass is 9.84. The zero-order valence-corrected chi connectivity index (χ0v) is 12.1. The van der Waals surface area contributed by atoms with Crippen LogP contribution in [0.3, 0.4) is 0 Å². The van der Waals surface area contributed by atoms with E-state index >= 15 is 0 Å². The van der Waals surface area contributed by atoms with Crippen LogP contribution in [0.5, 0.6) is 0 Å². The van der Waals surface area contributed by atoms with Gasteiger partial charge in [-0.05, 0) is 44.0 Å². The highest BCUT2D eigenvalue weighted by atomic mass is 16.4. The average Bonchev–Trinajstić information content (AvgIpc) is 2.55. The largest absolute Gasteiger partial charge is 0.419 e. The second-order valence-electron chi connectivity index (χ2n) is 6.05. The van der Waals surface area contributed by atoms with E-state index in [1.54, 1.807) is 18.2 Å². The number of benzene rings is 1. The van der Waals surface area contributed by atoms with Crippen LogP contribution in [0.1, 0.15) is 23.2 Å². The van der Waals surface area contributed by atoms with Crippen molar-refractivity contribution in [1.82, 2.24) is 15.2 Å². The normalized spacial score (nSPS) is 27.0. The summed E-state index contributed by atoms with van der Waals surface area (Å²) in [5, 5.41) is 3.11. The lowest BCUT2D eigenvalue weighted by Crippen LogP contribution is -2.57. The van der Waals surface area contributed by atoms with Gasteiger partial charge in [0.2, 0.25) is 0 Å². The van der Waals surface area contributed by atoms with E-state index < -0.39 is 5.63 Å². The third kappa shape index (κ3) is 2.29. The fraction of sp³-hybridized carbons (Fsp3) is 0.438. The van der Waals surface area contributed by atoms with Gasteiger partial charge in [0.05, 0.1) is 5.56 Å². The minimum Gasteiger partial charge on any atom is -0.419 e. The predicted octanol–water partition coefficient (Wildman–Crippen LogP) is 1.01. The molecule has 2 aromatic rings. The molecule has 0 saturated carbocycles. The highest BCUT2D eigenvalue weighted by Crippen LogP contribution is 2.28. The smallest absolute Gasteiger partial charge is 0.354 e. The van der Waals surface area contributed by atoms with Gasteiger partial charge in [-0.15, -0.1) is 0 Å². The summed E-state index contributed by atoms with van der Waals surface area (Å²) in [6.07, 6.45) is 3.39. The lowest BCUT2D eigenvalue weighted by molar-refractivity contribution is 0.0621. The van der Waals surface area contributed by atoms with Gasteiger partial charge in [-0.25, -0.2) is 9.78 Å². The van der Waals surface area contributed by atoms with E-state index in [2.05, 4.69) is 15.2 Å². The second kappa shape index (κ2) is 5.21. The maximum atomic E-state index is 12.6. The Labute approximate surface area is 127 Å². The highest BCUT2D eigenvalue weighted by Gasteiger charge is 2.35. The molecule has 3 aliphatic rings. The number of carbonyl (C=O) groups is 1. The summed E-state index contributed by atoms with van der Waals surface area (Å²) in [5.74, 6) is 0.356. The number of hydrogen-bond donors (Lipinski definition) is 1. The summed E-state index contributed by atoms with van der Waals surface area (Å²) in [7, 11) is 0. The van der Waals surface area contributed by atoms with Gasteiger partial charge in [0.25, 0.3) is 5.91 Å². The Balaban J connectivity index is 1.63. The lowest BCUT2D eigenvalue weighted by Gasteiger charge is -2.44. The standard InChI is InChI=1S/C16H17N3O3/c20-14-8-17-12-3-1-2-11(15(12)22-14)16(21)18-13-9-19-6-4-10(13)5-7-19/h1-3,8,10,13H,4-7,9H2,(H,18,21). The molecular weight excluding hydrogens is 282 g/mol. The Morgan fingerprint density at radius 1 is 1.32 bits per heavy atom. The monoisotopic (exact) mass is 299 g/mol. The molecule has 3 aliphatic heterocycles. The van der Waals surface area contributed by atoms with Crippen molar-refractivity contribution in [2.75, 3.05) is 19.6 Å². The van der Waals surface area contributed by atoms with Crippen molar-refractivity contribution in [2.24, 2.45) is 5.92 Å². The van der Waals surface area contributed by atoms with Gasteiger partial charge in [-0.1, -0.05) is 6.07 Å². The molecule has 1 atom stereocenters. The molecule has 3 fully saturated rings. The third-order valence-corrected chi connectivity index (χ3v) is 4.72. The Morgan fingerprint density at radius 3 is 2.86 bits per heavy atom. The first-order valence-corrected chi connectivity index (χ1v) is 7.63. The van der Waals surface area contributed by atoms with Crippen LogP contribution in [-0.2, 0) is 0 Å². The Bertz CT molecular complexity index is 778. The molecule has 4 heterocycles. The first-order chi connectivity index (χ1) is 10.7. The van der Waals surface area contributed by atoms with Crippen LogP contribution in [0.15, 0.2) is 33.6 Å². The molecular formula is C16H17N3O3. The zero-order valence-electron chi connectivity index (χ0n) is 12.1. The SMILES string of the molecule is O=C(NC1CN2CCC1CC2)c1cccc2ncc(=O)oc12. The van der Waals surface area contributed by atoms with Gasteiger partial charge in [0.15, 0.2) is 5.58 Å². The molecule has 0 radical (unpaired) electrons. The van der Waals surface area contributed by atoms with Gasteiger partial charge in [-0.3, -0.25) is 4.79 Å². The number of amides is 1. The number of para-hydroxylation sites is 1. The quantitative estimate of drug-likeness (QED) is 0.896. The molecule has 0 aliphatic carbocycles. The molecule has 5 rings (SSSR count). The first-order valence-electron chi connectivity index (χ1n) is 7.63. The van der Waals surface area contributed by atoms with E-state index in [4.69, 9.17) is 4.42 Å². The van der Waals surface area contributed by atoms with Crippen LogP contribution in [0.4, 0.5) is 0 Å². The third-order valence-electron chi connectivity index (χ3n) is 4.72. The number of fused-ring (bicyclic) bond motifs is 4. The molecule has 0 spiro atoms. The van der Waals surface area contributed by atoms with Crippen molar-refractivity contribution < 1.29 is 9.21 Å². The van der Waals surface area contributed by atoms with Crippen LogP contribution < -0.4 is 10.9 Å². The molecule has 1 aromatic heterocycles. The van der Waals surface area contributed by atoms with Crippen molar-refractivity contribution in [3.63, 3.8) is 0 Å². The minimum atomic E-state index is -0.546. The predicted molar refractivity (Wildman–Crippen MR) is 80.7 cm³/mol. The topological polar surface area (TPSA) is 75.4 Å². The average molecular weight is 299 g/mol. The van der Waals surface area contributed by atoms with E-state index in [1.807, 2.05) is 0 Å². The first kappa shape index (κ1) is 13.5. The van der Waals surface area contributed by atoms with E-state index in [0.29, 0.717) is 17.0 Å². The molecule has 3 saturated heterocycles. The van der Waals surface area contributed by atoms with Gasteiger partial charge in [0.1, 0.15) is 11.7 Å². The molecule has 1 unspecified atom stereocenters. The van der Waals surface area contributed by atoms with Crippen LogP contribution in [0.2, 0.25) is 0 Å². The number of rotatable bonds is 2. The fourth-order valence-electron chi connectivity index (χ4n) is 3.54. The number of carbonyl (C=O) groups excluding carboxylic acids is 1. The second-order valence-corrected chi connectivity index (χ2v) is 6.05. The van der Waals surface area contributed by atoms with E-state index in [-0.39, 0.29) is 17.5 Å². The Hall–Kier alpha value is -2.21. The number of piperidine rings is 3. The van der Waals surface area contributed by atoms with Crippen molar-refractivity contribution in [2.45, 2.75) is 18.9 Å². The van der Waals surface area contributed by atoms with Gasteiger partial charge < -0.3 is 14.6 Å². The number of hydrogen-bond acceptors (Lipinski definition) is 5. The molecule has 1 aromatic carbocycles. The molecule has 22 heavy (non-hydrogen) atoms. The summed E-state index contributed by atoms with van der Waals surface area (Å²) in [5.41, 5.74) is 0.602. The Kier molecular flexibility index (Phi) is 3.18. The van der Waals surface area contributed by atoms with Gasteiger partial charge in [-0.2, -0.15) is 0 Å². The van der Waals surface area contributed by atoms with Gasteiger partial charge in [0, 0.05) is 12.6 Å². The minimum absolute atomic E-state index is 0.175.